The van der Waals surface area contributed by atoms with Crippen molar-refractivity contribution in [2.45, 2.75) is 10.9 Å². The van der Waals surface area contributed by atoms with Crippen molar-refractivity contribution in [3.8, 4) is 5.75 Å². The fourth-order valence-corrected chi connectivity index (χ4v) is 3.05. The molecule has 24 heavy (non-hydrogen) atoms. The molecule has 0 saturated heterocycles. The number of nitrogens with zero attached hydrogens (tertiary/aromatic N) is 3. The van der Waals surface area contributed by atoms with E-state index >= 15 is 0 Å². The van der Waals surface area contributed by atoms with Gasteiger partial charge in [0.15, 0.2) is 0 Å². The second kappa shape index (κ2) is 7.98. The molecule has 0 atom stereocenters. The quantitative estimate of drug-likeness (QED) is 0.328. The predicted octanol–water partition coefficient (Wildman–Crippen LogP) is 4.01. The largest absolute Gasteiger partial charge is 0.508 e. The lowest BCUT2D eigenvalue weighted by molar-refractivity contribution is 0.475. The van der Waals surface area contributed by atoms with Crippen LogP contribution in [0, 0.1) is 0 Å². The Labute approximate surface area is 151 Å². The zero-order valence-electron chi connectivity index (χ0n) is 12.5. The first-order valence-electron chi connectivity index (χ1n) is 7.07. The molecule has 0 radical (unpaired) electrons. The van der Waals surface area contributed by atoms with Crippen molar-refractivity contribution in [2.24, 2.45) is 5.10 Å². The van der Waals surface area contributed by atoms with Gasteiger partial charge in [-0.15, -0.1) is 5.10 Å². The third-order valence-electron chi connectivity index (χ3n) is 3.00. The number of phenolic OH excluding ortho intramolecular Hbond substituents is 1. The summed E-state index contributed by atoms with van der Waals surface area (Å²) < 4.78 is 1.06. The number of aromatic amines is 1. The first-order valence-corrected chi connectivity index (χ1v) is 8.85. The Balaban J connectivity index is 1.52. The minimum atomic E-state index is 0.224. The van der Waals surface area contributed by atoms with E-state index in [9.17, 15) is 5.11 Å². The zero-order valence-corrected chi connectivity index (χ0v) is 14.9. The molecule has 0 unspecified atom stereocenters. The van der Waals surface area contributed by atoms with Gasteiger partial charge in [0.25, 0.3) is 0 Å². The Hall–Kier alpha value is -2.32. The first kappa shape index (κ1) is 16.5. The van der Waals surface area contributed by atoms with Gasteiger partial charge in [0.2, 0.25) is 11.1 Å². The van der Waals surface area contributed by atoms with Crippen LogP contribution in [0.3, 0.4) is 0 Å². The number of anilines is 1. The number of hydrogen-bond acceptors (Lipinski definition) is 6. The van der Waals surface area contributed by atoms with E-state index in [-0.39, 0.29) is 5.75 Å². The second-order valence-corrected chi connectivity index (χ2v) is 6.70. The summed E-state index contributed by atoms with van der Waals surface area (Å²) in [6.07, 6.45) is 1.64. The topological polar surface area (TPSA) is 86.2 Å². The van der Waals surface area contributed by atoms with Gasteiger partial charge in [-0.3, -0.25) is 0 Å². The van der Waals surface area contributed by atoms with Gasteiger partial charge in [0, 0.05) is 10.2 Å². The molecular weight excluding hydrogens is 390 g/mol. The molecule has 0 spiro atoms. The van der Waals surface area contributed by atoms with E-state index in [0.717, 1.165) is 15.8 Å². The number of phenols is 1. The average molecular weight is 404 g/mol. The van der Waals surface area contributed by atoms with Gasteiger partial charge >= 0.3 is 0 Å². The van der Waals surface area contributed by atoms with Crippen molar-refractivity contribution >= 4 is 39.9 Å². The van der Waals surface area contributed by atoms with E-state index in [1.807, 2.05) is 12.1 Å². The summed E-state index contributed by atoms with van der Waals surface area (Å²) in [6, 6.07) is 14.9. The summed E-state index contributed by atoms with van der Waals surface area (Å²) in [6.45, 7) is 0. The Morgan fingerprint density at radius 1 is 1.25 bits per heavy atom. The number of nitrogens with one attached hydrogen (secondary N) is 2. The highest BCUT2D eigenvalue weighted by Crippen LogP contribution is 2.21. The summed E-state index contributed by atoms with van der Waals surface area (Å²) in [7, 11) is 0. The van der Waals surface area contributed by atoms with Crippen LogP contribution >= 0.6 is 27.7 Å². The van der Waals surface area contributed by atoms with Crippen LogP contribution < -0.4 is 5.43 Å². The smallest absolute Gasteiger partial charge is 0.240 e. The molecule has 6 nitrogen and oxygen atoms in total. The van der Waals surface area contributed by atoms with Crippen LogP contribution in [0.5, 0.6) is 5.75 Å². The number of rotatable bonds is 6. The van der Waals surface area contributed by atoms with Gasteiger partial charge in [0.1, 0.15) is 5.75 Å². The minimum absolute atomic E-state index is 0.224. The van der Waals surface area contributed by atoms with Gasteiger partial charge in [-0.2, -0.15) is 10.1 Å². The standard InChI is InChI=1S/C16H14BrN5OS/c17-13-3-1-2-12(8-13)10-24-16-19-15(21-22-16)20-18-9-11-4-6-14(23)7-5-11/h1-9,23H,10H2,(H2,19,20,21,22)/b18-9+. The fourth-order valence-electron chi connectivity index (χ4n) is 1.86. The van der Waals surface area contributed by atoms with Crippen molar-refractivity contribution in [3.63, 3.8) is 0 Å². The highest BCUT2D eigenvalue weighted by molar-refractivity contribution is 9.10. The summed E-state index contributed by atoms with van der Waals surface area (Å²) >= 11 is 5.00. The fraction of sp³-hybridized carbons (Fsp3) is 0.0625. The van der Waals surface area contributed by atoms with Crippen LogP contribution in [0.25, 0.3) is 0 Å². The molecule has 1 aromatic heterocycles. The number of aromatic nitrogens is 3. The van der Waals surface area contributed by atoms with Gasteiger partial charge in [-0.25, -0.2) is 10.5 Å². The average Bonchev–Trinajstić information content (AvgIpc) is 3.03. The van der Waals surface area contributed by atoms with Crippen molar-refractivity contribution in [3.05, 3.63) is 64.1 Å². The highest BCUT2D eigenvalue weighted by atomic mass is 79.9. The maximum Gasteiger partial charge on any atom is 0.240 e. The number of H-pyrrole nitrogens is 1. The summed E-state index contributed by atoms with van der Waals surface area (Å²) in [5.41, 5.74) is 4.85. The number of benzene rings is 2. The Morgan fingerprint density at radius 2 is 2.08 bits per heavy atom. The van der Waals surface area contributed by atoms with Gasteiger partial charge in [-0.05, 0) is 47.5 Å². The molecule has 3 rings (SSSR count). The van der Waals surface area contributed by atoms with Crippen molar-refractivity contribution in [2.75, 3.05) is 5.43 Å². The van der Waals surface area contributed by atoms with E-state index in [1.165, 1.54) is 5.56 Å². The molecule has 0 aliphatic carbocycles. The number of halogens is 1. The van der Waals surface area contributed by atoms with E-state index in [1.54, 1.807) is 42.2 Å². The molecule has 0 fully saturated rings. The van der Waals surface area contributed by atoms with Gasteiger partial charge < -0.3 is 5.11 Å². The lowest BCUT2D eigenvalue weighted by Gasteiger charge is -1.98. The molecule has 2 aromatic carbocycles. The molecule has 3 N–H and O–H groups in total. The normalized spacial score (nSPS) is 11.0. The summed E-state index contributed by atoms with van der Waals surface area (Å²) in [4.78, 5) is 4.31. The Morgan fingerprint density at radius 3 is 2.88 bits per heavy atom. The molecule has 0 bridgehead atoms. The Kier molecular flexibility index (Phi) is 5.50. The van der Waals surface area contributed by atoms with Crippen LogP contribution in [0.4, 0.5) is 5.95 Å². The number of thioether (sulfide) groups is 1. The van der Waals surface area contributed by atoms with Crippen molar-refractivity contribution in [1.82, 2.24) is 15.2 Å². The Bertz CT molecular complexity index is 834. The first-order chi connectivity index (χ1) is 11.7. The van der Waals surface area contributed by atoms with Gasteiger partial charge in [0.05, 0.1) is 6.21 Å². The number of aromatic hydroxyl groups is 1. The van der Waals surface area contributed by atoms with Crippen molar-refractivity contribution < 1.29 is 5.11 Å². The van der Waals surface area contributed by atoms with Crippen LogP contribution in [-0.4, -0.2) is 26.5 Å². The maximum atomic E-state index is 9.22. The SMILES string of the molecule is Oc1ccc(/C=N/Nc2nc(SCc3cccc(Br)c3)n[nH]2)cc1. The number of hydrazone groups is 1. The molecule has 0 aliphatic rings. The molecule has 1 heterocycles. The second-order valence-electron chi connectivity index (χ2n) is 4.85. The van der Waals surface area contributed by atoms with Crippen LogP contribution in [-0.2, 0) is 5.75 Å². The zero-order chi connectivity index (χ0) is 16.8. The summed E-state index contributed by atoms with van der Waals surface area (Å²) in [5, 5.41) is 20.9. The predicted molar refractivity (Wildman–Crippen MR) is 99.4 cm³/mol. The molecule has 122 valence electrons. The molecular formula is C16H14BrN5OS. The summed E-state index contributed by atoms with van der Waals surface area (Å²) in [5.74, 6) is 1.48. The van der Waals surface area contributed by atoms with E-state index in [4.69, 9.17) is 0 Å². The minimum Gasteiger partial charge on any atom is -0.508 e. The molecule has 0 amide bonds. The van der Waals surface area contributed by atoms with E-state index < -0.39 is 0 Å². The monoisotopic (exact) mass is 403 g/mol. The molecule has 3 aromatic rings. The van der Waals surface area contributed by atoms with Gasteiger partial charge in [-0.1, -0.05) is 39.8 Å². The van der Waals surface area contributed by atoms with Crippen LogP contribution in [0.1, 0.15) is 11.1 Å². The highest BCUT2D eigenvalue weighted by Gasteiger charge is 2.04. The van der Waals surface area contributed by atoms with Crippen LogP contribution in [0.15, 0.2) is 63.3 Å². The number of hydrogen-bond donors (Lipinski definition) is 3. The van der Waals surface area contributed by atoms with E-state index in [2.05, 4.69) is 53.8 Å². The molecule has 8 heteroatoms. The lowest BCUT2D eigenvalue weighted by Crippen LogP contribution is -1.92. The molecule has 0 saturated carbocycles. The van der Waals surface area contributed by atoms with Crippen LogP contribution in [0.2, 0.25) is 0 Å². The third-order valence-corrected chi connectivity index (χ3v) is 4.41. The van der Waals surface area contributed by atoms with E-state index in [0.29, 0.717) is 11.1 Å². The lowest BCUT2D eigenvalue weighted by atomic mass is 10.2. The third kappa shape index (κ3) is 4.84. The maximum absolute atomic E-state index is 9.22. The van der Waals surface area contributed by atoms with Crippen molar-refractivity contribution in [1.29, 1.82) is 0 Å². The molecule has 0 aliphatic heterocycles.